The van der Waals surface area contributed by atoms with Crippen molar-refractivity contribution in [2.45, 2.75) is 43.7 Å². The first-order valence-electron chi connectivity index (χ1n) is 9.24. The molecule has 0 heterocycles. The highest BCUT2D eigenvalue weighted by Gasteiger charge is 2.48. The summed E-state index contributed by atoms with van der Waals surface area (Å²) >= 11 is 0. The Balaban J connectivity index is 1.91. The lowest BCUT2D eigenvalue weighted by molar-refractivity contribution is -0.121. The van der Waals surface area contributed by atoms with Crippen molar-refractivity contribution >= 4 is 12.4 Å². The molecule has 2 aliphatic rings. The lowest BCUT2D eigenvalue weighted by atomic mass is 9.80. The number of amides is 1. The van der Waals surface area contributed by atoms with Gasteiger partial charge in [0.05, 0.1) is 13.2 Å². The Bertz CT molecular complexity index is 793. The largest absolute Gasteiger partial charge is 0.453 e. The zero-order valence-electron chi connectivity index (χ0n) is 15.0. The minimum Gasteiger partial charge on any atom is -0.453 e. The van der Waals surface area contributed by atoms with Crippen molar-refractivity contribution in [2.24, 2.45) is 0 Å². The van der Waals surface area contributed by atoms with Crippen molar-refractivity contribution in [3.05, 3.63) is 59.7 Å². The lowest BCUT2D eigenvalue weighted by Crippen LogP contribution is -2.55. The van der Waals surface area contributed by atoms with Gasteiger partial charge in [0.15, 0.2) is 0 Å². The SMILES string of the molecule is COC(=O)N(C1c2ccccc2-c2ccccc21)C1(C=O)CCCCC1. The Labute approximate surface area is 153 Å². The van der Waals surface area contributed by atoms with Crippen LogP contribution in [0.15, 0.2) is 48.5 Å². The normalized spacial score (nSPS) is 17.9. The molecule has 0 radical (unpaired) electrons. The van der Waals surface area contributed by atoms with Gasteiger partial charge in [0.1, 0.15) is 11.8 Å². The predicted molar refractivity (Wildman–Crippen MR) is 99.8 cm³/mol. The molecule has 0 N–H and O–H groups in total. The van der Waals surface area contributed by atoms with Crippen LogP contribution in [0.1, 0.15) is 49.3 Å². The maximum Gasteiger partial charge on any atom is 0.411 e. The molecule has 0 spiro atoms. The molecule has 0 aliphatic heterocycles. The molecule has 26 heavy (non-hydrogen) atoms. The van der Waals surface area contributed by atoms with Gasteiger partial charge in [-0.25, -0.2) is 4.79 Å². The van der Waals surface area contributed by atoms with Gasteiger partial charge in [-0.15, -0.1) is 0 Å². The summed E-state index contributed by atoms with van der Waals surface area (Å²) in [6.07, 6.45) is 4.91. The minimum absolute atomic E-state index is 0.293. The Hall–Kier alpha value is -2.62. The highest BCUT2D eigenvalue weighted by atomic mass is 16.5. The summed E-state index contributed by atoms with van der Waals surface area (Å²) < 4.78 is 5.16. The van der Waals surface area contributed by atoms with E-state index in [-0.39, 0.29) is 6.04 Å². The molecule has 4 heteroatoms. The molecular weight excluding hydrogens is 326 g/mol. The van der Waals surface area contributed by atoms with Gasteiger partial charge in [0, 0.05) is 0 Å². The monoisotopic (exact) mass is 349 g/mol. The molecule has 0 unspecified atom stereocenters. The number of hydrogen-bond acceptors (Lipinski definition) is 3. The Kier molecular flexibility index (Phi) is 4.27. The fraction of sp³-hybridized carbons (Fsp3) is 0.364. The second-order valence-electron chi connectivity index (χ2n) is 7.20. The van der Waals surface area contributed by atoms with E-state index < -0.39 is 11.6 Å². The Morgan fingerprint density at radius 3 is 2.04 bits per heavy atom. The van der Waals surface area contributed by atoms with Crippen molar-refractivity contribution in [1.29, 1.82) is 0 Å². The maximum absolute atomic E-state index is 12.9. The van der Waals surface area contributed by atoms with Crippen LogP contribution in [0.4, 0.5) is 4.79 Å². The fourth-order valence-electron chi connectivity index (χ4n) is 4.63. The summed E-state index contributed by atoms with van der Waals surface area (Å²) in [6, 6.07) is 16.0. The van der Waals surface area contributed by atoms with Crippen LogP contribution in [-0.2, 0) is 9.53 Å². The Morgan fingerprint density at radius 2 is 1.54 bits per heavy atom. The number of carbonyl (C=O) groups excluding carboxylic acids is 2. The number of rotatable bonds is 3. The third-order valence-corrected chi connectivity index (χ3v) is 5.85. The first-order valence-corrected chi connectivity index (χ1v) is 9.24. The van der Waals surface area contributed by atoms with Crippen LogP contribution < -0.4 is 0 Å². The van der Waals surface area contributed by atoms with Crippen molar-refractivity contribution in [3.63, 3.8) is 0 Å². The van der Waals surface area contributed by atoms with Gasteiger partial charge in [0.2, 0.25) is 0 Å². The van der Waals surface area contributed by atoms with Crippen molar-refractivity contribution in [1.82, 2.24) is 4.90 Å². The highest BCUT2D eigenvalue weighted by molar-refractivity contribution is 5.84. The average molecular weight is 349 g/mol. The van der Waals surface area contributed by atoms with Crippen LogP contribution in [0.25, 0.3) is 11.1 Å². The zero-order chi connectivity index (χ0) is 18.1. The van der Waals surface area contributed by atoms with Gasteiger partial charge in [-0.3, -0.25) is 4.90 Å². The summed E-state index contributed by atoms with van der Waals surface area (Å²) in [5.41, 5.74) is 3.56. The summed E-state index contributed by atoms with van der Waals surface area (Å²) in [4.78, 5) is 26.9. The van der Waals surface area contributed by atoms with E-state index in [1.54, 1.807) is 4.90 Å². The second-order valence-corrected chi connectivity index (χ2v) is 7.20. The highest BCUT2D eigenvalue weighted by Crippen LogP contribution is 2.50. The second kappa shape index (κ2) is 6.60. The number of methoxy groups -OCH3 is 1. The molecule has 2 aliphatic carbocycles. The molecule has 0 atom stereocenters. The topological polar surface area (TPSA) is 46.6 Å². The molecular formula is C22H23NO3. The molecule has 0 aromatic heterocycles. The van der Waals surface area contributed by atoms with Crippen LogP contribution in [0.3, 0.4) is 0 Å². The molecule has 1 saturated carbocycles. The van der Waals surface area contributed by atoms with E-state index in [2.05, 4.69) is 24.3 Å². The number of ether oxygens (including phenoxy) is 1. The van der Waals surface area contributed by atoms with E-state index in [0.29, 0.717) is 12.8 Å². The van der Waals surface area contributed by atoms with E-state index >= 15 is 0 Å². The van der Waals surface area contributed by atoms with Crippen molar-refractivity contribution in [2.75, 3.05) is 7.11 Å². The van der Waals surface area contributed by atoms with Gasteiger partial charge in [0.25, 0.3) is 0 Å². The van der Waals surface area contributed by atoms with Gasteiger partial charge in [-0.1, -0.05) is 67.8 Å². The van der Waals surface area contributed by atoms with Crippen LogP contribution in [0, 0.1) is 0 Å². The fourth-order valence-corrected chi connectivity index (χ4v) is 4.63. The van der Waals surface area contributed by atoms with E-state index in [9.17, 15) is 9.59 Å². The summed E-state index contributed by atoms with van der Waals surface area (Å²) in [7, 11) is 1.39. The lowest BCUT2D eigenvalue weighted by Gasteiger charge is -2.45. The van der Waals surface area contributed by atoms with E-state index in [1.165, 1.54) is 7.11 Å². The summed E-state index contributed by atoms with van der Waals surface area (Å²) in [5, 5.41) is 0. The maximum atomic E-state index is 12.9. The van der Waals surface area contributed by atoms with Crippen LogP contribution in [0.5, 0.6) is 0 Å². The minimum atomic E-state index is -0.805. The van der Waals surface area contributed by atoms with Crippen LogP contribution in [0.2, 0.25) is 0 Å². The molecule has 1 amide bonds. The summed E-state index contributed by atoms with van der Waals surface area (Å²) in [6.45, 7) is 0. The number of nitrogens with zero attached hydrogens (tertiary/aromatic N) is 1. The molecule has 0 bridgehead atoms. The van der Waals surface area contributed by atoms with Crippen LogP contribution in [-0.4, -0.2) is 29.9 Å². The molecule has 134 valence electrons. The van der Waals surface area contributed by atoms with Gasteiger partial charge in [-0.05, 0) is 35.1 Å². The number of hydrogen-bond donors (Lipinski definition) is 0. The molecule has 2 aromatic rings. The van der Waals surface area contributed by atoms with Crippen LogP contribution >= 0.6 is 0 Å². The molecule has 2 aromatic carbocycles. The first-order chi connectivity index (χ1) is 12.7. The van der Waals surface area contributed by atoms with Gasteiger partial charge < -0.3 is 9.53 Å². The van der Waals surface area contributed by atoms with Gasteiger partial charge >= 0.3 is 6.09 Å². The first kappa shape index (κ1) is 16.8. The van der Waals surface area contributed by atoms with E-state index in [4.69, 9.17) is 4.74 Å². The van der Waals surface area contributed by atoms with Gasteiger partial charge in [-0.2, -0.15) is 0 Å². The van der Waals surface area contributed by atoms with Crippen molar-refractivity contribution in [3.8, 4) is 11.1 Å². The summed E-state index contributed by atoms with van der Waals surface area (Å²) in [5.74, 6) is 0. The standard InChI is InChI=1S/C22H23NO3/c1-26-21(25)23(22(15-24)13-7-2-8-14-22)20-18-11-5-3-9-16(18)17-10-4-6-12-19(17)20/h3-6,9-12,15,20H,2,7-8,13-14H2,1H3. The molecule has 1 fully saturated rings. The Morgan fingerprint density at radius 1 is 1.00 bits per heavy atom. The predicted octanol–water partition coefficient (Wildman–Crippen LogP) is 4.73. The zero-order valence-corrected chi connectivity index (χ0v) is 15.0. The number of fused-ring (bicyclic) bond motifs is 3. The van der Waals surface area contributed by atoms with E-state index in [1.807, 2.05) is 24.3 Å². The average Bonchev–Trinajstić information content (AvgIpc) is 3.03. The smallest absolute Gasteiger partial charge is 0.411 e. The number of aldehydes is 1. The third kappa shape index (κ3) is 2.44. The number of benzene rings is 2. The number of carbonyl (C=O) groups is 2. The third-order valence-electron chi connectivity index (χ3n) is 5.85. The molecule has 4 nitrogen and oxygen atoms in total. The van der Waals surface area contributed by atoms with E-state index in [0.717, 1.165) is 47.8 Å². The van der Waals surface area contributed by atoms with Crippen molar-refractivity contribution < 1.29 is 14.3 Å². The molecule has 0 saturated heterocycles. The molecule has 4 rings (SSSR count). The quantitative estimate of drug-likeness (QED) is 0.753.